The largest absolute Gasteiger partial charge is 0.454 e. The van der Waals surface area contributed by atoms with E-state index >= 15 is 0 Å². The number of benzene rings is 1. The van der Waals surface area contributed by atoms with Crippen molar-refractivity contribution in [3.05, 3.63) is 58.8 Å². The highest BCUT2D eigenvalue weighted by Gasteiger charge is 2.28. The SMILES string of the molecule is N#CC1=CC2=C(c3ccc4c(c3)OCO4)C(c3cc(N)nc(N)c3)=NCC2=N1. The van der Waals surface area contributed by atoms with Gasteiger partial charge in [-0.15, -0.1) is 0 Å². The summed E-state index contributed by atoms with van der Waals surface area (Å²) in [5.41, 5.74) is 16.9. The number of hydrogen-bond donors (Lipinski definition) is 2. The standard InChI is InChI=1S/C20H14N6O2/c21-7-12-6-13-14(25-12)8-24-20(11-4-17(22)26-18(23)5-11)19(13)10-1-2-15-16(3-10)28-9-27-15/h1-6H,8-9H2,(H4,22,23,26). The molecule has 136 valence electrons. The van der Waals surface area contributed by atoms with Gasteiger partial charge in [-0.1, -0.05) is 6.07 Å². The van der Waals surface area contributed by atoms with Crippen molar-refractivity contribution in [3.63, 3.8) is 0 Å². The van der Waals surface area contributed by atoms with Crippen molar-refractivity contribution in [1.82, 2.24) is 4.98 Å². The maximum absolute atomic E-state index is 9.29. The summed E-state index contributed by atoms with van der Waals surface area (Å²) in [6.07, 6.45) is 1.78. The van der Waals surface area contributed by atoms with Crippen LogP contribution in [0.4, 0.5) is 11.6 Å². The van der Waals surface area contributed by atoms with Crippen LogP contribution in [0.3, 0.4) is 0 Å². The van der Waals surface area contributed by atoms with Crippen molar-refractivity contribution >= 4 is 28.6 Å². The Labute approximate surface area is 160 Å². The zero-order chi connectivity index (χ0) is 19.3. The number of aliphatic imine (C=N–C) groups is 2. The van der Waals surface area contributed by atoms with Gasteiger partial charge in [-0.3, -0.25) is 4.99 Å². The Hall–Kier alpha value is -4.12. The molecule has 5 rings (SSSR count). The lowest BCUT2D eigenvalue weighted by molar-refractivity contribution is 0.174. The first-order chi connectivity index (χ1) is 13.6. The number of nitrogen functional groups attached to an aromatic ring is 2. The molecule has 8 nitrogen and oxygen atoms in total. The maximum Gasteiger partial charge on any atom is 0.231 e. The fourth-order valence-corrected chi connectivity index (χ4v) is 3.50. The Bertz CT molecular complexity index is 1180. The Balaban J connectivity index is 1.74. The molecule has 0 amide bonds. The average molecular weight is 370 g/mol. The van der Waals surface area contributed by atoms with Gasteiger partial charge >= 0.3 is 0 Å². The van der Waals surface area contributed by atoms with Crippen molar-refractivity contribution in [2.24, 2.45) is 9.98 Å². The molecular weight excluding hydrogens is 356 g/mol. The summed E-state index contributed by atoms with van der Waals surface area (Å²) >= 11 is 0. The van der Waals surface area contributed by atoms with Gasteiger partial charge in [0.2, 0.25) is 6.79 Å². The van der Waals surface area contributed by atoms with Crippen LogP contribution >= 0.6 is 0 Å². The van der Waals surface area contributed by atoms with Crippen LogP contribution in [0.5, 0.6) is 11.5 Å². The van der Waals surface area contributed by atoms with Gasteiger partial charge in [-0.25, -0.2) is 9.98 Å². The predicted molar refractivity (Wildman–Crippen MR) is 105 cm³/mol. The molecule has 4 heterocycles. The van der Waals surface area contributed by atoms with Crippen molar-refractivity contribution in [1.29, 1.82) is 5.26 Å². The minimum atomic E-state index is 0.189. The number of nitrogens with two attached hydrogens (primary N) is 2. The van der Waals surface area contributed by atoms with Crippen molar-refractivity contribution in [2.75, 3.05) is 24.8 Å². The number of aromatic nitrogens is 1. The van der Waals surface area contributed by atoms with E-state index in [9.17, 15) is 5.26 Å². The van der Waals surface area contributed by atoms with Crippen LogP contribution in [0.1, 0.15) is 11.1 Å². The van der Waals surface area contributed by atoms with E-state index in [-0.39, 0.29) is 6.79 Å². The summed E-state index contributed by atoms with van der Waals surface area (Å²) in [6, 6.07) is 11.2. The molecule has 1 aromatic carbocycles. The molecule has 0 radical (unpaired) electrons. The lowest BCUT2D eigenvalue weighted by atomic mass is 9.87. The third kappa shape index (κ3) is 2.49. The van der Waals surface area contributed by atoms with Crippen LogP contribution in [0.2, 0.25) is 0 Å². The molecule has 0 aliphatic carbocycles. The topological polar surface area (TPSA) is 132 Å². The lowest BCUT2D eigenvalue weighted by Gasteiger charge is -2.20. The van der Waals surface area contributed by atoms with Gasteiger partial charge in [0.15, 0.2) is 11.5 Å². The molecule has 1 aromatic heterocycles. The van der Waals surface area contributed by atoms with E-state index in [2.05, 4.69) is 16.0 Å². The minimum Gasteiger partial charge on any atom is -0.454 e. The summed E-state index contributed by atoms with van der Waals surface area (Å²) in [5, 5.41) is 9.29. The summed E-state index contributed by atoms with van der Waals surface area (Å²) in [7, 11) is 0. The second kappa shape index (κ2) is 5.96. The van der Waals surface area contributed by atoms with E-state index in [1.165, 1.54) is 0 Å². The average Bonchev–Trinajstić information content (AvgIpc) is 3.32. The van der Waals surface area contributed by atoms with Crippen molar-refractivity contribution in [3.8, 4) is 17.6 Å². The summed E-state index contributed by atoms with van der Waals surface area (Å²) in [4.78, 5) is 13.1. The molecule has 0 spiro atoms. The van der Waals surface area contributed by atoms with Gasteiger partial charge < -0.3 is 20.9 Å². The number of ether oxygens (including phenoxy) is 2. The molecule has 2 aromatic rings. The van der Waals surface area contributed by atoms with E-state index in [1.54, 1.807) is 18.2 Å². The molecule has 3 aliphatic rings. The first kappa shape index (κ1) is 16.1. The van der Waals surface area contributed by atoms with Crippen LogP contribution in [-0.4, -0.2) is 29.7 Å². The summed E-state index contributed by atoms with van der Waals surface area (Å²) in [5.74, 6) is 1.97. The second-order valence-corrected chi connectivity index (χ2v) is 6.43. The Morgan fingerprint density at radius 3 is 2.57 bits per heavy atom. The number of fused-ring (bicyclic) bond motifs is 2. The number of hydrogen-bond acceptors (Lipinski definition) is 8. The Morgan fingerprint density at radius 1 is 1.00 bits per heavy atom. The van der Waals surface area contributed by atoms with Crippen LogP contribution in [-0.2, 0) is 0 Å². The third-order valence-electron chi connectivity index (χ3n) is 4.65. The van der Waals surface area contributed by atoms with Gasteiger partial charge in [-0.05, 0) is 35.9 Å². The van der Waals surface area contributed by atoms with E-state index in [0.29, 0.717) is 41.1 Å². The lowest BCUT2D eigenvalue weighted by Crippen LogP contribution is -2.19. The van der Waals surface area contributed by atoms with Gasteiger partial charge in [0.1, 0.15) is 23.4 Å². The number of dihydropyridines is 1. The molecule has 0 atom stereocenters. The highest BCUT2D eigenvalue weighted by atomic mass is 16.7. The molecule has 0 saturated carbocycles. The normalized spacial score (nSPS) is 16.9. The number of nitrogens with zero attached hydrogens (tertiary/aromatic N) is 4. The monoisotopic (exact) mass is 370 g/mol. The fraction of sp³-hybridized carbons (Fsp3) is 0.100. The Morgan fingerprint density at radius 2 is 1.79 bits per heavy atom. The van der Waals surface area contributed by atoms with Crippen LogP contribution in [0, 0.1) is 11.3 Å². The van der Waals surface area contributed by atoms with Gasteiger partial charge in [0.25, 0.3) is 0 Å². The first-order valence-corrected chi connectivity index (χ1v) is 8.54. The van der Waals surface area contributed by atoms with Gasteiger partial charge in [-0.2, -0.15) is 5.26 Å². The van der Waals surface area contributed by atoms with Crippen molar-refractivity contribution < 1.29 is 9.47 Å². The van der Waals surface area contributed by atoms with Gasteiger partial charge in [0.05, 0.1) is 18.0 Å². The molecule has 8 heteroatoms. The molecule has 4 N–H and O–H groups in total. The van der Waals surface area contributed by atoms with E-state index in [0.717, 1.165) is 28.0 Å². The minimum absolute atomic E-state index is 0.189. The first-order valence-electron chi connectivity index (χ1n) is 8.54. The van der Waals surface area contributed by atoms with E-state index in [4.69, 9.17) is 25.9 Å². The molecule has 0 fully saturated rings. The fourth-order valence-electron chi connectivity index (χ4n) is 3.50. The zero-order valence-electron chi connectivity index (χ0n) is 14.6. The smallest absolute Gasteiger partial charge is 0.231 e. The van der Waals surface area contributed by atoms with Crippen LogP contribution < -0.4 is 20.9 Å². The quantitative estimate of drug-likeness (QED) is 0.832. The molecule has 0 saturated heterocycles. The molecule has 0 bridgehead atoms. The highest BCUT2D eigenvalue weighted by molar-refractivity contribution is 6.39. The number of pyridine rings is 1. The Kier molecular flexibility index (Phi) is 3.42. The highest BCUT2D eigenvalue weighted by Crippen LogP contribution is 2.39. The number of allylic oxidation sites excluding steroid dienone is 3. The van der Waals surface area contributed by atoms with E-state index < -0.39 is 0 Å². The van der Waals surface area contributed by atoms with Crippen LogP contribution in [0.15, 0.2) is 57.7 Å². The molecule has 28 heavy (non-hydrogen) atoms. The summed E-state index contributed by atoms with van der Waals surface area (Å²) < 4.78 is 10.9. The van der Waals surface area contributed by atoms with Crippen molar-refractivity contribution in [2.45, 2.75) is 0 Å². The van der Waals surface area contributed by atoms with Gasteiger partial charge in [0, 0.05) is 16.7 Å². The van der Waals surface area contributed by atoms with E-state index in [1.807, 2.05) is 18.2 Å². The summed E-state index contributed by atoms with van der Waals surface area (Å²) in [6.45, 7) is 0.552. The predicted octanol–water partition coefficient (Wildman–Crippen LogP) is 2.09. The molecule has 0 unspecified atom stereocenters. The number of rotatable bonds is 2. The maximum atomic E-state index is 9.29. The molecule has 3 aliphatic heterocycles. The second-order valence-electron chi connectivity index (χ2n) is 6.43. The van der Waals surface area contributed by atoms with Crippen LogP contribution in [0.25, 0.3) is 5.57 Å². The number of nitriles is 1. The third-order valence-corrected chi connectivity index (χ3v) is 4.65. The molecular formula is C20H14N6O2. The number of anilines is 2. The zero-order valence-corrected chi connectivity index (χ0v) is 14.6.